The number of alkyl halides is 3. The molecular weight excluding hydrogens is 371 g/mol. The molecule has 146 valence electrons. The number of anilines is 1. The maximum Gasteiger partial charge on any atom is 0.416 e. The largest absolute Gasteiger partial charge is 0.493 e. The van der Waals surface area contributed by atoms with Gasteiger partial charge in [0.05, 0.1) is 25.5 Å². The maximum atomic E-state index is 12.6. The molecule has 1 aromatic heterocycles. The fourth-order valence-corrected chi connectivity index (χ4v) is 2.59. The van der Waals surface area contributed by atoms with Crippen LogP contribution in [-0.2, 0) is 12.7 Å². The molecule has 3 rings (SSSR count). The number of rotatable bonds is 6. The van der Waals surface area contributed by atoms with Gasteiger partial charge in [0.25, 0.3) is 0 Å². The van der Waals surface area contributed by atoms with Crippen LogP contribution in [0.3, 0.4) is 0 Å². The summed E-state index contributed by atoms with van der Waals surface area (Å²) in [4.78, 5) is 8.60. The van der Waals surface area contributed by atoms with E-state index >= 15 is 0 Å². The number of nitrogens with zero attached hydrogens (tertiary/aromatic N) is 2. The van der Waals surface area contributed by atoms with E-state index in [1.807, 2.05) is 6.07 Å². The summed E-state index contributed by atoms with van der Waals surface area (Å²) in [7, 11) is 3.12. The summed E-state index contributed by atoms with van der Waals surface area (Å²) in [6.07, 6.45) is -2.74. The highest BCUT2D eigenvalue weighted by Gasteiger charge is 2.29. The van der Waals surface area contributed by atoms with Crippen LogP contribution in [0.15, 0.2) is 54.7 Å². The van der Waals surface area contributed by atoms with Crippen molar-refractivity contribution < 1.29 is 22.6 Å². The van der Waals surface area contributed by atoms with Crippen LogP contribution in [0.5, 0.6) is 11.5 Å². The van der Waals surface area contributed by atoms with Crippen LogP contribution >= 0.6 is 0 Å². The summed E-state index contributed by atoms with van der Waals surface area (Å²) in [5.74, 6) is 1.56. The van der Waals surface area contributed by atoms with Crippen molar-refractivity contribution in [2.75, 3.05) is 19.5 Å². The predicted molar refractivity (Wildman–Crippen MR) is 99.3 cm³/mol. The lowest BCUT2D eigenvalue weighted by Crippen LogP contribution is -2.06. The van der Waals surface area contributed by atoms with E-state index in [9.17, 15) is 13.2 Å². The fourth-order valence-electron chi connectivity index (χ4n) is 2.59. The summed E-state index contributed by atoms with van der Waals surface area (Å²) >= 11 is 0. The van der Waals surface area contributed by atoms with Crippen LogP contribution in [-0.4, -0.2) is 24.2 Å². The molecule has 0 radical (unpaired) electrons. The molecule has 0 atom stereocenters. The SMILES string of the molecule is COc1ccc(-c2ccnc(NCc3ccc(C(F)(F)F)cc3)n2)cc1OC. The normalized spacial score (nSPS) is 11.2. The van der Waals surface area contributed by atoms with Gasteiger partial charge in [-0.2, -0.15) is 13.2 Å². The zero-order valence-electron chi connectivity index (χ0n) is 15.2. The molecule has 0 spiro atoms. The highest BCUT2D eigenvalue weighted by molar-refractivity contribution is 5.64. The summed E-state index contributed by atoms with van der Waals surface area (Å²) < 4.78 is 48.4. The molecule has 1 heterocycles. The van der Waals surface area contributed by atoms with Crippen molar-refractivity contribution in [3.63, 3.8) is 0 Å². The van der Waals surface area contributed by atoms with Crippen LogP contribution in [0, 0.1) is 0 Å². The van der Waals surface area contributed by atoms with Gasteiger partial charge in [0, 0.05) is 18.3 Å². The highest BCUT2D eigenvalue weighted by Crippen LogP contribution is 2.32. The Balaban J connectivity index is 1.73. The van der Waals surface area contributed by atoms with Gasteiger partial charge in [-0.15, -0.1) is 0 Å². The molecule has 3 aromatic rings. The fraction of sp³-hybridized carbons (Fsp3) is 0.200. The Labute approximate surface area is 160 Å². The molecule has 0 bridgehead atoms. The Hall–Kier alpha value is -3.29. The number of hydrogen-bond donors (Lipinski definition) is 1. The third kappa shape index (κ3) is 4.51. The molecule has 0 aliphatic heterocycles. The van der Waals surface area contributed by atoms with Crippen LogP contribution in [0.25, 0.3) is 11.3 Å². The zero-order valence-corrected chi connectivity index (χ0v) is 15.2. The standard InChI is InChI=1S/C20H18F3N3O2/c1-27-17-8-5-14(11-18(17)28-2)16-9-10-24-19(26-16)25-12-13-3-6-15(7-4-13)20(21,22)23/h3-11H,12H2,1-2H3,(H,24,25,26). The van der Waals surface area contributed by atoms with Gasteiger partial charge < -0.3 is 14.8 Å². The Kier molecular flexibility index (Phi) is 5.67. The van der Waals surface area contributed by atoms with E-state index in [1.54, 1.807) is 38.6 Å². The molecule has 0 fully saturated rings. The second-order valence-electron chi connectivity index (χ2n) is 5.88. The maximum absolute atomic E-state index is 12.6. The van der Waals surface area contributed by atoms with Gasteiger partial charge in [0.15, 0.2) is 11.5 Å². The van der Waals surface area contributed by atoms with Gasteiger partial charge in [0.1, 0.15) is 0 Å². The number of halogens is 3. The number of benzene rings is 2. The first-order valence-corrected chi connectivity index (χ1v) is 8.36. The summed E-state index contributed by atoms with van der Waals surface area (Å²) in [6, 6.07) is 12.2. The second-order valence-corrected chi connectivity index (χ2v) is 5.88. The second kappa shape index (κ2) is 8.16. The molecule has 5 nitrogen and oxygen atoms in total. The van der Waals surface area contributed by atoms with Gasteiger partial charge in [-0.3, -0.25) is 0 Å². The van der Waals surface area contributed by atoms with Crippen LogP contribution in [0.1, 0.15) is 11.1 Å². The molecule has 0 aliphatic carbocycles. The third-order valence-corrected chi connectivity index (χ3v) is 4.07. The molecule has 0 aliphatic rings. The van der Waals surface area contributed by atoms with Gasteiger partial charge in [-0.1, -0.05) is 12.1 Å². The van der Waals surface area contributed by atoms with Crippen LogP contribution in [0.4, 0.5) is 19.1 Å². The Morgan fingerprint density at radius 2 is 1.64 bits per heavy atom. The van der Waals surface area contributed by atoms with E-state index in [0.717, 1.165) is 17.7 Å². The van der Waals surface area contributed by atoms with Crippen molar-refractivity contribution >= 4 is 5.95 Å². The topological polar surface area (TPSA) is 56.3 Å². The molecule has 0 saturated carbocycles. The average Bonchev–Trinajstić information content (AvgIpc) is 2.71. The Morgan fingerprint density at radius 1 is 0.929 bits per heavy atom. The quantitative estimate of drug-likeness (QED) is 0.657. The Bertz CT molecular complexity index is 944. The lowest BCUT2D eigenvalue weighted by molar-refractivity contribution is -0.137. The first kappa shape index (κ1) is 19.5. The average molecular weight is 389 g/mol. The monoisotopic (exact) mass is 389 g/mol. The molecule has 2 aromatic carbocycles. The van der Waals surface area contributed by atoms with Crippen molar-refractivity contribution in [3.05, 3.63) is 65.9 Å². The van der Waals surface area contributed by atoms with Crippen molar-refractivity contribution in [3.8, 4) is 22.8 Å². The van der Waals surface area contributed by atoms with Gasteiger partial charge in [0.2, 0.25) is 5.95 Å². The first-order valence-electron chi connectivity index (χ1n) is 8.36. The van der Waals surface area contributed by atoms with Crippen LogP contribution in [0.2, 0.25) is 0 Å². The number of nitrogens with one attached hydrogen (secondary N) is 1. The first-order chi connectivity index (χ1) is 13.4. The number of ether oxygens (including phenoxy) is 2. The van der Waals surface area contributed by atoms with E-state index in [1.165, 1.54) is 12.1 Å². The minimum atomic E-state index is -4.34. The van der Waals surface area contributed by atoms with Crippen molar-refractivity contribution in [1.29, 1.82) is 0 Å². The van der Waals surface area contributed by atoms with Gasteiger partial charge >= 0.3 is 6.18 Å². The van der Waals surface area contributed by atoms with E-state index in [2.05, 4.69) is 15.3 Å². The van der Waals surface area contributed by atoms with Gasteiger partial charge in [-0.05, 0) is 42.0 Å². The summed E-state index contributed by atoms with van der Waals surface area (Å²) in [5.41, 5.74) is 1.50. The molecular formula is C20H18F3N3O2. The summed E-state index contributed by atoms with van der Waals surface area (Å²) in [5, 5.41) is 3.02. The Morgan fingerprint density at radius 3 is 2.29 bits per heavy atom. The molecule has 28 heavy (non-hydrogen) atoms. The number of methoxy groups -OCH3 is 2. The zero-order chi connectivity index (χ0) is 20.1. The smallest absolute Gasteiger partial charge is 0.416 e. The van der Waals surface area contributed by atoms with E-state index in [4.69, 9.17) is 9.47 Å². The van der Waals surface area contributed by atoms with E-state index in [0.29, 0.717) is 35.2 Å². The minimum Gasteiger partial charge on any atom is -0.493 e. The van der Waals surface area contributed by atoms with E-state index in [-0.39, 0.29) is 0 Å². The van der Waals surface area contributed by atoms with Crippen LogP contribution < -0.4 is 14.8 Å². The molecule has 1 N–H and O–H groups in total. The number of hydrogen-bond acceptors (Lipinski definition) is 5. The highest BCUT2D eigenvalue weighted by atomic mass is 19.4. The van der Waals surface area contributed by atoms with E-state index < -0.39 is 11.7 Å². The van der Waals surface area contributed by atoms with Crippen molar-refractivity contribution in [1.82, 2.24) is 9.97 Å². The molecule has 0 amide bonds. The van der Waals surface area contributed by atoms with Crippen molar-refractivity contribution in [2.45, 2.75) is 12.7 Å². The molecule has 0 unspecified atom stereocenters. The minimum absolute atomic E-state index is 0.299. The molecule has 0 saturated heterocycles. The summed E-state index contributed by atoms with van der Waals surface area (Å²) in [6.45, 7) is 0.299. The van der Waals surface area contributed by atoms with Gasteiger partial charge in [-0.25, -0.2) is 9.97 Å². The molecule has 8 heteroatoms. The number of aromatic nitrogens is 2. The lowest BCUT2D eigenvalue weighted by atomic mass is 10.1. The predicted octanol–water partition coefficient (Wildman–Crippen LogP) is 4.79. The van der Waals surface area contributed by atoms with Crippen molar-refractivity contribution in [2.24, 2.45) is 0 Å². The third-order valence-electron chi connectivity index (χ3n) is 4.07. The lowest BCUT2D eigenvalue weighted by Gasteiger charge is -2.11.